The van der Waals surface area contributed by atoms with Crippen molar-refractivity contribution in [1.29, 1.82) is 0 Å². The predicted molar refractivity (Wildman–Crippen MR) is 96.3 cm³/mol. The van der Waals surface area contributed by atoms with Crippen LogP contribution < -0.4 is 10.6 Å². The van der Waals surface area contributed by atoms with E-state index >= 15 is 0 Å². The lowest BCUT2D eigenvalue weighted by Crippen LogP contribution is -2.51. The third kappa shape index (κ3) is 6.11. The smallest absolute Gasteiger partial charge is 0.238 e. The van der Waals surface area contributed by atoms with Gasteiger partial charge in [0, 0.05) is 32.7 Å². The Morgan fingerprint density at radius 1 is 1.04 bits per heavy atom. The molecular weight excluding hydrogens is 328 g/mol. The fourth-order valence-electron chi connectivity index (χ4n) is 2.58. The quantitative estimate of drug-likeness (QED) is 0.779. The van der Waals surface area contributed by atoms with Crippen LogP contribution in [0.3, 0.4) is 0 Å². The van der Waals surface area contributed by atoms with Gasteiger partial charge in [-0.3, -0.25) is 19.4 Å². The van der Waals surface area contributed by atoms with Crippen molar-refractivity contribution in [1.82, 2.24) is 15.1 Å². The number of carbonyl (C=O) groups is 2. The van der Waals surface area contributed by atoms with Crippen LogP contribution in [0, 0.1) is 0 Å². The van der Waals surface area contributed by atoms with Crippen molar-refractivity contribution in [2.75, 3.05) is 51.1 Å². The Kier molecular flexibility index (Phi) is 7.49. The average Bonchev–Trinajstić information content (AvgIpc) is 2.57. The van der Waals surface area contributed by atoms with Gasteiger partial charge in [-0.15, -0.1) is 0 Å². The topological polar surface area (TPSA) is 64.7 Å². The molecule has 1 fully saturated rings. The van der Waals surface area contributed by atoms with Crippen LogP contribution in [0.4, 0.5) is 5.69 Å². The van der Waals surface area contributed by atoms with E-state index in [9.17, 15) is 9.59 Å². The van der Waals surface area contributed by atoms with Crippen molar-refractivity contribution < 1.29 is 9.59 Å². The molecule has 6 nitrogen and oxygen atoms in total. The summed E-state index contributed by atoms with van der Waals surface area (Å²) in [6.45, 7) is 6.65. The number of amides is 2. The second kappa shape index (κ2) is 9.61. The molecule has 1 heterocycles. The zero-order valence-electron chi connectivity index (χ0n) is 14.1. The maximum atomic E-state index is 12.1. The van der Waals surface area contributed by atoms with Gasteiger partial charge >= 0.3 is 0 Å². The first-order chi connectivity index (χ1) is 11.6. The Morgan fingerprint density at radius 3 is 2.21 bits per heavy atom. The summed E-state index contributed by atoms with van der Waals surface area (Å²) in [5.74, 6) is -0.000925. The zero-order chi connectivity index (χ0) is 17.4. The van der Waals surface area contributed by atoms with Crippen LogP contribution in [0.1, 0.15) is 13.3 Å². The van der Waals surface area contributed by atoms with Crippen molar-refractivity contribution in [2.45, 2.75) is 13.3 Å². The third-order valence-corrected chi connectivity index (χ3v) is 4.25. The van der Waals surface area contributed by atoms with Crippen molar-refractivity contribution >= 4 is 29.1 Å². The lowest BCUT2D eigenvalue weighted by molar-refractivity contribution is -0.123. The van der Waals surface area contributed by atoms with E-state index in [1.165, 1.54) is 0 Å². The van der Waals surface area contributed by atoms with Crippen LogP contribution in [-0.4, -0.2) is 67.4 Å². The molecule has 0 spiro atoms. The number of halogens is 1. The van der Waals surface area contributed by atoms with Gasteiger partial charge in [0.1, 0.15) is 0 Å². The third-order valence-electron chi connectivity index (χ3n) is 3.92. The molecule has 2 amide bonds. The predicted octanol–water partition coefficient (Wildman–Crippen LogP) is 1.42. The molecule has 132 valence electrons. The van der Waals surface area contributed by atoms with Crippen LogP contribution in [0.5, 0.6) is 0 Å². The second-order valence-electron chi connectivity index (χ2n) is 5.93. The van der Waals surface area contributed by atoms with E-state index in [1.54, 1.807) is 12.1 Å². The lowest BCUT2D eigenvalue weighted by Gasteiger charge is -2.33. The first kappa shape index (κ1) is 18.7. The fourth-order valence-corrected chi connectivity index (χ4v) is 2.77. The first-order valence-electron chi connectivity index (χ1n) is 8.34. The number of nitrogens with one attached hydrogen (secondary N) is 2. The van der Waals surface area contributed by atoms with Gasteiger partial charge < -0.3 is 10.6 Å². The molecular formula is C17H25ClN4O2. The molecule has 0 saturated carbocycles. The highest BCUT2D eigenvalue weighted by atomic mass is 35.5. The van der Waals surface area contributed by atoms with Gasteiger partial charge in [0.05, 0.1) is 23.8 Å². The van der Waals surface area contributed by atoms with E-state index < -0.39 is 0 Å². The monoisotopic (exact) mass is 352 g/mol. The number of anilines is 1. The maximum Gasteiger partial charge on any atom is 0.238 e. The Balaban J connectivity index is 1.70. The molecule has 0 atom stereocenters. The summed E-state index contributed by atoms with van der Waals surface area (Å²) < 4.78 is 0. The fraction of sp³-hybridized carbons (Fsp3) is 0.529. The highest BCUT2D eigenvalue weighted by Crippen LogP contribution is 2.20. The summed E-state index contributed by atoms with van der Waals surface area (Å²) in [6.07, 6.45) is 0.945. The van der Waals surface area contributed by atoms with Crippen LogP contribution in [0.15, 0.2) is 24.3 Å². The number of hydrogen-bond acceptors (Lipinski definition) is 4. The normalized spacial score (nSPS) is 15.9. The largest absolute Gasteiger partial charge is 0.355 e. The van der Waals surface area contributed by atoms with Gasteiger partial charge in [-0.05, 0) is 18.6 Å². The lowest BCUT2D eigenvalue weighted by atomic mass is 10.3. The Bertz CT molecular complexity index is 559. The minimum atomic E-state index is -0.0720. The van der Waals surface area contributed by atoms with Crippen molar-refractivity contribution in [3.63, 3.8) is 0 Å². The highest BCUT2D eigenvalue weighted by Gasteiger charge is 2.20. The Labute approximate surface area is 148 Å². The summed E-state index contributed by atoms with van der Waals surface area (Å²) in [5.41, 5.74) is 0.635. The van der Waals surface area contributed by atoms with Gasteiger partial charge in [-0.2, -0.15) is 0 Å². The van der Waals surface area contributed by atoms with Gasteiger partial charge in [0.2, 0.25) is 11.8 Å². The maximum absolute atomic E-state index is 12.1. The minimum absolute atomic E-state index is 0.0711. The summed E-state index contributed by atoms with van der Waals surface area (Å²) >= 11 is 6.04. The molecule has 24 heavy (non-hydrogen) atoms. The number of benzene rings is 1. The van der Waals surface area contributed by atoms with Gasteiger partial charge in [0.25, 0.3) is 0 Å². The van der Waals surface area contributed by atoms with E-state index in [4.69, 9.17) is 11.6 Å². The number of carbonyl (C=O) groups excluding carboxylic acids is 2. The summed E-state index contributed by atoms with van der Waals surface area (Å²) in [6, 6.07) is 7.20. The molecule has 0 aliphatic carbocycles. The molecule has 1 aliphatic rings. The van der Waals surface area contributed by atoms with E-state index in [0.29, 0.717) is 23.8 Å². The summed E-state index contributed by atoms with van der Waals surface area (Å²) in [5, 5.41) is 6.25. The van der Waals surface area contributed by atoms with Crippen LogP contribution in [-0.2, 0) is 9.59 Å². The molecule has 0 unspecified atom stereocenters. The molecule has 1 saturated heterocycles. The highest BCUT2D eigenvalue weighted by molar-refractivity contribution is 6.33. The van der Waals surface area contributed by atoms with Crippen LogP contribution in [0.25, 0.3) is 0 Å². The van der Waals surface area contributed by atoms with Crippen molar-refractivity contribution in [3.8, 4) is 0 Å². The SMILES string of the molecule is CCCNC(=O)CN1CCN(CC(=O)Nc2ccccc2Cl)CC1. The number of piperazine rings is 1. The molecule has 1 aliphatic heterocycles. The molecule has 0 aromatic heterocycles. The average molecular weight is 353 g/mol. The number of nitrogens with zero attached hydrogens (tertiary/aromatic N) is 2. The van der Waals surface area contributed by atoms with Gasteiger partial charge in [-0.1, -0.05) is 30.7 Å². The molecule has 2 N–H and O–H groups in total. The molecule has 0 radical (unpaired) electrons. The zero-order valence-corrected chi connectivity index (χ0v) is 14.8. The van der Waals surface area contributed by atoms with Crippen LogP contribution >= 0.6 is 11.6 Å². The Morgan fingerprint density at radius 2 is 1.62 bits per heavy atom. The molecule has 0 bridgehead atoms. The molecule has 7 heteroatoms. The standard InChI is InChI=1S/C17H25ClN4O2/c1-2-7-19-16(23)12-21-8-10-22(11-9-21)13-17(24)20-15-6-4-3-5-14(15)18/h3-6H,2,7-13H2,1H3,(H,19,23)(H,20,24). The van der Waals surface area contributed by atoms with E-state index in [0.717, 1.165) is 39.1 Å². The van der Waals surface area contributed by atoms with Gasteiger partial charge in [-0.25, -0.2) is 0 Å². The number of rotatable bonds is 7. The molecule has 1 aromatic rings. The second-order valence-corrected chi connectivity index (χ2v) is 6.34. The minimum Gasteiger partial charge on any atom is -0.355 e. The van der Waals surface area contributed by atoms with Crippen LogP contribution in [0.2, 0.25) is 5.02 Å². The van der Waals surface area contributed by atoms with Crippen molar-refractivity contribution in [2.24, 2.45) is 0 Å². The number of hydrogen-bond donors (Lipinski definition) is 2. The molecule has 1 aromatic carbocycles. The number of para-hydroxylation sites is 1. The van der Waals surface area contributed by atoms with Gasteiger partial charge in [0.15, 0.2) is 0 Å². The Hall–Kier alpha value is -1.63. The van der Waals surface area contributed by atoms with E-state index in [2.05, 4.69) is 20.4 Å². The summed E-state index contributed by atoms with van der Waals surface area (Å²) in [4.78, 5) is 28.1. The summed E-state index contributed by atoms with van der Waals surface area (Å²) in [7, 11) is 0. The molecule has 2 rings (SSSR count). The van der Waals surface area contributed by atoms with E-state index in [-0.39, 0.29) is 11.8 Å². The van der Waals surface area contributed by atoms with Crippen molar-refractivity contribution in [3.05, 3.63) is 29.3 Å². The van der Waals surface area contributed by atoms with E-state index in [1.807, 2.05) is 19.1 Å². The first-order valence-corrected chi connectivity index (χ1v) is 8.72.